The maximum atomic E-state index is 10.2. The molecule has 1 aromatic rings. The first-order valence-electron chi connectivity index (χ1n) is 5.97. The number of hydroxylamine groups is 2. The van der Waals surface area contributed by atoms with Crippen LogP contribution in [0.4, 0.5) is 0 Å². The Balaban J connectivity index is 0.000000235. The number of hydrogen-bond donors (Lipinski definition) is 2. The predicted octanol–water partition coefficient (Wildman–Crippen LogP) is 1.82. The van der Waals surface area contributed by atoms with Crippen LogP contribution in [0, 0.1) is 0 Å². The van der Waals surface area contributed by atoms with Crippen LogP contribution in [-0.2, 0) is 14.4 Å². The molecule has 0 aromatic carbocycles. The molecule has 1 saturated heterocycles. The number of nitrogens with zero attached hydrogens (tertiary/aromatic N) is 2. The molecule has 1 fully saturated rings. The van der Waals surface area contributed by atoms with Crippen molar-refractivity contribution in [2.45, 2.75) is 24.3 Å². The summed E-state index contributed by atoms with van der Waals surface area (Å²) in [5.74, 6) is -1.16. The van der Waals surface area contributed by atoms with E-state index in [0.717, 1.165) is 5.03 Å². The molecule has 21 heavy (non-hydrogen) atoms. The van der Waals surface area contributed by atoms with Crippen molar-refractivity contribution in [3.63, 3.8) is 0 Å². The molecular weight excluding hydrogens is 316 g/mol. The maximum Gasteiger partial charge on any atom is 0.304 e. The molecule has 1 aliphatic heterocycles. The highest BCUT2D eigenvalue weighted by Crippen LogP contribution is 2.29. The molecule has 2 amide bonds. The second-order valence-electron chi connectivity index (χ2n) is 3.82. The quantitative estimate of drug-likeness (QED) is 0.364. The molecule has 0 radical (unpaired) electrons. The Bertz CT molecular complexity index is 482. The van der Waals surface area contributed by atoms with Crippen LogP contribution in [-0.4, -0.2) is 43.9 Å². The normalized spacial score (nSPS) is 13.9. The van der Waals surface area contributed by atoms with Crippen molar-refractivity contribution in [1.29, 1.82) is 0 Å². The first-order chi connectivity index (χ1) is 10.0. The third-order valence-corrected chi connectivity index (χ3v) is 4.47. The fourth-order valence-corrected chi connectivity index (χ4v) is 3.05. The highest BCUT2D eigenvalue weighted by molar-refractivity contribution is 8.76. The molecule has 1 aliphatic rings. The van der Waals surface area contributed by atoms with E-state index in [-0.39, 0.29) is 24.3 Å². The van der Waals surface area contributed by atoms with E-state index in [1.165, 1.54) is 21.6 Å². The Kier molecular flexibility index (Phi) is 7.80. The van der Waals surface area contributed by atoms with Crippen molar-refractivity contribution < 1.29 is 24.7 Å². The number of amides is 2. The molecule has 1 aromatic heterocycles. The van der Waals surface area contributed by atoms with Gasteiger partial charge in [-0.05, 0) is 22.9 Å². The number of aromatic nitrogens is 1. The zero-order chi connectivity index (χ0) is 15.7. The molecule has 114 valence electrons. The number of carboxylic acid groups (broad SMARTS) is 1. The molecule has 0 spiro atoms. The molecule has 0 bridgehead atoms. The standard InChI is InChI=1S/C8H9NO2S2.C4H5NO3/c10-8(11)4-6-12-13-7-3-1-2-5-9-7;6-3-1-2-4(7)5(3)8/h1-3,5H,4,6H2,(H,10,11);8H,1-2H2. The van der Waals surface area contributed by atoms with Crippen LogP contribution >= 0.6 is 21.6 Å². The fourth-order valence-electron chi connectivity index (χ4n) is 1.19. The molecule has 2 heterocycles. The van der Waals surface area contributed by atoms with Crippen LogP contribution in [0.2, 0.25) is 0 Å². The van der Waals surface area contributed by atoms with Crippen LogP contribution in [0.5, 0.6) is 0 Å². The van der Waals surface area contributed by atoms with Gasteiger partial charge in [-0.25, -0.2) is 4.98 Å². The van der Waals surface area contributed by atoms with E-state index in [9.17, 15) is 14.4 Å². The molecule has 0 saturated carbocycles. The predicted molar refractivity (Wildman–Crippen MR) is 77.7 cm³/mol. The second-order valence-corrected chi connectivity index (χ2v) is 6.25. The zero-order valence-electron chi connectivity index (χ0n) is 11.0. The van der Waals surface area contributed by atoms with Crippen molar-refractivity contribution in [3.05, 3.63) is 24.4 Å². The first-order valence-corrected chi connectivity index (χ1v) is 8.29. The molecule has 2 N–H and O–H groups in total. The lowest BCUT2D eigenvalue weighted by Crippen LogP contribution is -2.24. The van der Waals surface area contributed by atoms with Crippen LogP contribution in [0.15, 0.2) is 29.4 Å². The Labute approximate surface area is 129 Å². The average Bonchev–Trinajstić information content (AvgIpc) is 2.76. The third-order valence-electron chi connectivity index (χ3n) is 2.21. The number of rotatable bonds is 5. The van der Waals surface area contributed by atoms with Gasteiger partial charge in [-0.15, -0.1) is 0 Å². The van der Waals surface area contributed by atoms with E-state index >= 15 is 0 Å². The van der Waals surface area contributed by atoms with Crippen LogP contribution in [0.1, 0.15) is 19.3 Å². The van der Waals surface area contributed by atoms with Gasteiger partial charge in [0.2, 0.25) is 0 Å². The van der Waals surface area contributed by atoms with Crippen molar-refractivity contribution >= 4 is 39.4 Å². The lowest BCUT2D eigenvalue weighted by molar-refractivity contribution is -0.171. The van der Waals surface area contributed by atoms with E-state index in [1.54, 1.807) is 6.20 Å². The number of carboxylic acids is 1. The number of aliphatic carboxylic acids is 1. The monoisotopic (exact) mass is 330 g/mol. The van der Waals surface area contributed by atoms with Crippen molar-refractivity contribution in [2.24, 2.45) is 0 Å². The van der Waals surface area contributed by atoms with Crippen molar-refractivity contribution in [2.75, 3.05) is 5.75 Å². The largest absolute Gasteiger partial charge is 0.481 e. The highest BCUT2D eigenvalue weighted by atomic mass is 33.1. The van der Waals surface area contributed by atoms with E-state index < -0.39 is 17.8 Å². The van der Waals surface area contributed by atoms with Gasteiger partial charge in [-0.2, -0.15) is 5.06 Å². The fraction of sp³-hybridized carbons (Fsp3) is 0.333. The second kappa shape index (κ2) is 9.37. The van der Waals surface area contributed by atoms with Gasteiger partial charge < -0.3 is 5.11 Å². The van der Waals surface area contributed by atoms with Gasteiger partial charge >= 0.3 is 5.97 Å². The molecule has 0 atom stereocenters. The minimum Gasteiger partial charge on any atom is -0.481 e. The van der Waals surface area contributed by atoms with Gasteiger partial charge in [-0.1, -0.05) is 16.9 Å². The van der Waals surface area contributed by atoms with E-state index in [0.29, 0.717) is 5.75 Å². The molecule has 7 nitrogen and oxygen atoms in total. The Hall–Kier alpha value is -1.58. The summed E-state index contributed by atoms with van der Waals surface area (Å²) in [6.07, 6.45) is 2.22. The van der Waals surface area contributed by atoms with E-state index in [1.807, 2.05) is 18.2 Å². The van der Waals surface area contributed by atoms with Gasteiger partial charge in [0.05, 0.1) is 6.42 Å². The van der Waals surface area contributed by atoms with Crippen LogP contribution in [0.3, 0.4) is 0 Å². The number of carbonyl (C=O) groups excluding carboxylic acids is 2. The SMILES string of the molecule is O=C(O)CCSSc1ccccn1.O=C1CCC(=O)N1O. The minimum atomic E-state index is -0.755. The lowest BCUT2D eigenvalue weighted by Gasteiger charge is -1.98. The van der Waals surface area contributed by atoms with Crippen LogP contribution in [0.25, 0.3) is 0 Å². The summed E-state index contributed by atoms with van der Waals surface area (Å²) in [6.45, 7) is 0. The molecule has 9 heteroatoms. The summed E-state index contributed by atoms with van der Waals surface area (Å²) in [5, 5.41) is 17.9. The maximum absolute atomic E-state index is 10.2. The van der Waals surface area contributed by atoms with Gasteiger partial charge in [0, 0.05) is 24.8 Å². The Morgan fingerprint density at radius 1 is 1.29 bits per heavy atom. The molecule has 0 aliphatic carbocycles. The van der Waals surface area contributed by atoms with Gasteiger partial charge in [0.25, 0.3) is 11.8 Å². The summed E-state index contributed by atoms with van der Waals surface area (Å²) < 4.78 is 0. The third kappa shape index (κ3) is 7.11. The number of hydrogen-bond acceptors (Lipinski definition) is 7. The smallest absolute Gasteiger partial charge is 0.304 e. The summed E-state index contributed by atoms with van der Waals surface area (Å²) in [4.78, 5) is 34.7. The Morgan fingerprint density at radius 2 is 1.95 bits per heavy atom. The highest BCUT2D eigenvalue weighted by Gasteiger charge is 2.26. The number of carbonyl (C=O) groups is 3. The topological polar surface area (TPSA) is 108 Å². The first kappa shape index (κ1) is 17.5. The average molecular weight is 330 g/mol. The van der Waals surface area contributed by atoms with Crippen molar-refractivity contribution in [1.82, 2.24) is 10.0 Å². The van der Waals surface area contributed by atoms with Gasteiger partial charge in [0.1, 0.15) is 5.03 Å². The van der Waals surface area contributed by atoms with Gasteiger partial charge in [0.15, 0.2) is 0 Å². The van der Waals surface area contributed by atoms with E-state index in [4.69, 9.17) is 10.3 Å². The number of pyridine rings is 1. The Morgan fingerprint density at radius 3 is 2.38 bits per heavy atom. The van der Waals surface area contributed by atoms with Crippen molar-refractivity contribution in [3.8, 4) is 0 Å². The summed E-state index contributed by atoms with van der Waals surface area (Å²) >= 11 is 0. The summed E-state index contributed by atoms with van der Waals surface area (Å²) in [7, 11) is 3.01. The zero-order valence-corrected chi connectivity index (χ0v) is 12.6. The minimum absolute atomic E-state index is 0.148. The molecule has 0 unspecified atom stereocenters. The summed E-state index contributed by atoms with van der Waals surface area (Å²) in [6, 6.07) is 5.66. The molecular formula is C12H14N2O5S2. The lowest BCUT2D eigenvalue weighted by atomic mass is 10.4. The van der Waals surface area contributed by atoms with E-state index in [2.05, 4.69) is 4.98 Å². The summed E-state index contributed by atoms with van der Waals surface area (Å²) in [5.41, 5.74) is 0. The number of imide groups is 1. The molecule has 2 rings (SSSR count). The van der Waals surface area contributed by atoms with Gasteiger partial charge in [-0.3, -0.25) is 19.6 Å². The van der Waals surface area contributed by atoms with Crippen LogP contribution < -0.4 is 0 Å².